The monoisotopic (exact) mass is 331 g/mol. The third-order valence-corrected chi connectivity index (χ3v) is 3.50. The highest BCUT2D eigenvalue weighted by Crippen LogP contribution is 2.18. The fourth-order valence-corrected chi connectivity index (χ4v) is 2.24. The Bertz CT molecular complexity index is 857. The van der Waals surface area contributed by atoms with Crippen molar-refractivity contribution in [2.75, 3.05) is 7.11 Å². The predicted octanol–water partition coefficient (Wildman–Crippen LogP) is 4.63. The van der Waals surface area contributed by atoms with Gasteiger partial charge in [-0.2, -0.15) is 0 Å². The summed E-state index contributed by atoms with van der Waals surface area (Å²) in [6.07, 6.45) is 0. The van der Waals surface area contributed by atoms with Crippen LogP contribution < -0.4 is 4.74 Å². The maximum atomic E-state index is 11.5. The smallest absolute Gasteiger partial charge is 0.337 e. The number of hydrogen-bond donors (Lipinski definition) is 0. The predicted molar refractivity (Wildman–Crippen MR) is 97.5 cm³/mol. The molecule has 3 rings (SSSR count). The fourth-order valence-electron chi connectivity index (χ4n) is 2.24. The van der Waals surface area contributed by atoms with E-state index in [4.69, 9.17) is 9.47 Å². The molecule has 0 N–H and O–H groups in total. The molecule has 4 nitrogen and oxygen atoms in total. The minimum atomic E-state index is -0.382. The molecule has 0 bridgehead atoms. The number of carbonyl (C=O) groups excluding carboxylic acids is 1. The molecule has 124 valence electrons. The van der Waals surface area contributed by atoms with Gasteiger partial charge in [-0.15, -0.1) is 0 Å². The van der Waals surface area contributed by atoms with Gasteiger partial charge in [-0.25, -0.2) is 9.79 Å². The number of aliphatic imine (C=N–C) groups is 1. The van der Waals surface area contributed by atoms with Gasteiger partial charge in [-0.05, 0) is 48.5 Å². The number of carbonyl (C=O) groups is 1. The molecule has 0 unspecified atom stereocenters. The molecule has 0 saturated carbocycles. The van der Waals surface area contributed by atoms with Crippen LogP contribution in [-0.4, -0.2) is 19.0 Å². The zero-order chi connectivity index (χ0) is 17.5. The number of hydrogen-bond acceptors (Lipinski definition) is 4. The second kappa shape index (κ2) is 7.93. The van der Waals surface area contributed by atoms with Crippen molar-refractivity contribution in [1.29, 1.82) is 0 Å². The van der Waals surface area contributed by atoms with Crippen LogP contribution in [0.4, 0.5) is 5.69 Å². The molecule has 0 saturated heterocycles. The van der Waals surface area contributed by atoms with Crippen molar-refractivity contribution in [3.05, 3.63) is 96.1 Å². The molecule has 3 aromatic carbocycles. The van der Waals surface area contributed by atoms with Crippen LogP contribution in [0.1, 0.15) is 15.9 Å². The Labute approximate surface area is 146 Å². The minimum Gasteiger partial charge on any atom is -0.465 e. The van der Waals surface area contributed by atoms with E-state index in [9.17, 15) is 4.79 Å². The van der Waals surface area contributed by atoms with E-state index < -0.39 is 0 Å². The van der Waals surface area contributed by atoms with Gasteiger partial charge in [0.05, 0.1) is 18.4 Å². The number of methoxy groups -OCH3 is 1. The zero-order valence-electron chi connectivity index (χ0n) is 13.8. The topological polar surface area (TPSA) is 47.9 Å². The van der Waals surface area contributed by atoms with Crippen molar-refractivity contribution in [3.63, 3.8) is 0 Å². The van der Waals surface area contributed by atoms with Gasteiger partial charge >= 0.3 is 5.97 Å². The van der Waals surface area contributed by atoms with E-state index >= 15 is 0 Å². The molecule has 0 aliphatic rings. The molecule has 0 atom stereocenters. The quantitative estimate of drug-likeness (QED) is 0.398. The highest BCUT2D eigenvalue weighted by atomic mass is 16.5. The van der Waals surface area contributed by atoms with E-state index in [2.05, 4.69) is 4.99 Å². The third-order valence-electron chi connectivity index (χ3n) is 3.50. The molecule has 3 aromatic rings. The molecule has 0 spiro atoms. The molecule has 0 radical (unpaired) electrons. The van der Waals surface area contributed by atoms with Crippen molar-refractivity contribution < 1.29 is 14.3 Å². The van der Waals surface area contributed by atoms with Gasteiger partial charge in [0.1, 0.15) is 5.75 Å². The summed E-state index contributed by atoms with van der Waals surface area (Å²) < 4.78 is 10.7. The summed E-state index contributed by atoms with van der Waals surface area (Å²) in [4.78, 5) is 16.1. The first-order valence-electron chi connectivity index (χ1n) is 7.81. The van der Waals surface area contributed by atoms with E-state index in [0.29, 0.717) is 17.2 Å². The Morgan fingerprint density at radius 1 is 0.760 bits per heavy atom. The van der Waals surface area contributed by atoms with E-state index in [0.717, 1.165) is 11.3 Å². The molecule has 0 fully saturated rings. The molecule has 0 aliphatic heterocycles. The molecular weight excluding hydrogens is 314 g/mol. The lowest BCUT2D eigenvalue weighted by Gasteiger charge is -2.10. The summed E-state index contributed by atoms with van der Waals surface area (Å²) >= 11 is 0. The second-order valence-corrected chi connectivity index (χ2v) is 5.24. The lowest BCUT2D eigenvalue weighted by atomic mass is 10.2. The van der Waals surface area contributed by atoms with Gasteiger partial charge in [0.15, 0.2) is 0 Å². The van der Waals surface area contributed by atoms with Gasteiger partial charge in [0, 0.05) is 5.56 Å². The standard InChI is InChI=1S/C21H17NO3/c1-24-21(23)17-12-14-19(15-13-17)25-20(16-8-4-2-5-9-16)22-18-10-6-3-7-11-18/h2-15H,1H3. The van der Waals surface area contributed by atoms with Crippen molar-refractivity contribution in [2.45, 2.75) is 0 Å². The molecule has 0 aliphatic carbocycles. The van der Waals surface area contributed by atoms with Gasteiger partial charge in [-0.3, -0.25) is 0 Å². The molecular formula is C21H17NO3. The Balaban J connectivity index is 1.90. The maximum absolute atomic E-state index is 11.5. The van der Waals surface area contributed by atoms with Gasteiger partial charge in [0.2, 0.25) is 5.90 Å². The maximum Gasteiger partial charge on any atom is 0.337 e. The lowest BCUT2D eigenvalue weighted by Crippen LogP contribution is -2.10. The van der Waals surface area contributed by atoms with Gasteiger partial charge < -0.3 is 9.47 Å². The van der Waals surface area contributed by atoms with Crippen LogP contribution in [-0.2, 0) is 4.74 Å². The fraction of sp³-hybridized carbons (Fsp3) is 0.0476. The Morgan fingerprint density at radius 3 is 1.96 bits per heavy atom. The first-order valence-corrected chi connectivity index (χ1v) is 7.81. The number of rotatable bonds is 4. The summed E-state index contributed by atoms with van der Waals surface area (Å²) in [6.45, 7) is 0. The summed E-state index contributed by atoms with van der Waals surface area (Å²) in [6, 6.07) is 26.0. The van der Waals surface area contributed by atoms with Crippen LogP contribution in [0.3, 0.4) is 0 Å². The van der Waals surface area contributed by atoms with Gasteiger partial charge in [0.25, 0.3) is 0 Å². The van der Waals surface area contributed by atoms with Crippen LogP contribution >= 0.6 is 0 Å². The molecule has 4 heteroatoms. The van der Waals surface area contributed by atoms with Crippen LogP contribution in [0.5, 0.6) is 5.75 Å². The highest BCUT2D eigenvalue weighted by Gasteiger charge is 2.09. The van der Waals surface area contributed by atoms with Crippen LogP contribution in [0, 0.1) is 0 Å². The molecule has 0 aromatic heterocycles. The summed E-state index contributed by atoms with van der Waals surface area (Å²) in [5, 5.41) is 0. The summed E-state index contributed by atoms with van der Waals surface area (Å²) in [5.74, 6) is 0.691. The summed E-state index contributed by atoms with van der Waals surface area (Å²) in [7, 11) is 1.35. The highest BCUT2D eigenvalue weighted by molar-refractivity contribution is 5.97. The third kappa shape index (κ3) is 4.32. The minimum absolute atomic E-state index is 0.382. The van der Waals surface area contributed by atoms with Crippen molar-refractivity contribution >= 4 is 17.6 Å². The van der Waals surface area contributed by atoms with Gasteiger partial charge in [-0.1, -0.05) is 36.4 Å². The normalized spacial score (nSPS) is 11.0. The van der Waals surface area contributed by atoms with E-state index in [-0.39, 0.29) is 5.97 Å². The number of esters is 1. The number of para-hydroxylation sites is 1. The van der Waals surface area contributed by atoms with Crippen molar-refractivity contribution in [3.8, 4) is 5.75 Å². The van der Waals surface area contributed by atoms with Crippen LogP contribution in [0.15, 0.2) is 89.9 Å². The average Bonchev–Trinajstić information content (AvgIpc) is 2.69. The first-order chi connectivity index (χ1) is 12.3. The zero-order valence-corrected chi connectivity index (χ0v) is 13.8. The number of benzene rings is 3. The van der Waals surface area contributed by atoms with E-state index in [1.54, 1.807) is 24.3 Å². The van der Waals surface area contributed by atoms with E-state index in [1.165, 1.54) is 7.11 Å². The summed E-state index contributed by atoms with van der Waals surface area (Å²) in [5.41, 5.74) is 2.13. The van der Waals surface area contributed by atoms with E-state index in [1.807, 2.05) is 60.7 Å². The van der Waals surface area contributed by atoms with Crippen LogP contribution in [0.25, 0.3) is 0 Å². The first kappa shape index (κ1) is 16.5. The SMILES string of the molecule is COC(=O)c1ccc(OC(=Nc2ccccc2)c2ccccc2)cc1. The lowest BCUT2D eigenvalue weighted by molar-refractivity contribution is 0.0600. The number of nitrogens with zero attached hydrogens (tertiary/aromatic N) is 1. The average molecular weight is 331 g/mol. The Hall–Kier alpha value is -3.40. The molecule has 0 heterocycles. The Kier molecular flexibility index (Phi) is 5.22. The van der Waals surface area contributed by atoms with Crippen molar-refractivity contribution in [2.24, 2.45) is 4.99 Å². The second-order valence-electron chi connectivity index (χ2n) is 5.24. The van der Waals surface area contributed by atoms with Crippen LogP contribution in [0.2, 0.25) is 0 Å². The largest absolute Gasteiger partial charge is 0.465 e. The Morgan fingerprint density at radius 2 is 1.36 bits per heavy atom. The van der Waals surface area contributed by atoms with Crippen molar-refractivity contribution in [1.82, 2.24) is 0 Å². The molecule has 25 heavy (non-hydrogen) atoms. The molecule has 0 amide bonds. The number of ether oxygens (including phenoxy) is 2.